The van der Waals surface area contributed by atoms with Gasteiger partial charge in [0.15, 0.2) is 0 Å². The molecule has 0 spiro atoms. The van der Waals surface area contributed by atoms with E-state index in [2.05, 4.69) is 0 Å². The number of hydrogen-bond acceptors (Lipinski definition) is 4. The first-order valence-corrected chi connectivity index (χ1v) is 10.2. The second-order valence-electron chi connectivity index (χ2n) is 5.44. The van der Waals surface area contributed by atoms with Crippen LogP contribution in [0.4, 0.5) is 0 Å². The van der Waals surface area contributed by atoms with E-state index in [0.717, 1.165) is 0 Å². The SMILES string of the molecule is CCOC(=O)CCN(Cc1ccccc1Cl)S(=O)(=O)c1cccc(Cl)c1. The van der Waals surface area contributed by atoms with Gasteiger partial charge in [-0.25, -0.2) is 8.42 Å². The zero-order valence-corrected chi connectivity index (χ0v) is 16.5. The molecule has 2 rings (SSSR count). The number of ether oxygens (including phenoxy) is 1. The quantitative estimate of drug-likeness (QED) is 0.607. The predicted octanol–water partition coefficient (Wildman–Crippen LogP) is 4.14. The molecule has 0 saturated carbocycles. The Morgan fingerprint density at radius 3 is 2.50 bits per heavy atom. The minimum Gasteiger partial charge on any atom is -0.466 e. The normalized spacial score (nSPS) is 11.5. The summed E-state index contributed by atoms with van der Waals surface area (Å²) >= 11 is 12.1. The molecule has 0 N–H and O–H groups in total. The molecule has 2 aromatic carbocycles. The van der Waals surface area contributed by atoms with Crippen LogP contribution in [0.25, 0.3) is 0 Å². The Bertz CT molecular complexity index is 871. The average molecular weight is 416 g/mol. The van der Waals surface area contributed by atoms with Crippen LogP contribution < -0.4 is 0 Å². The van der Waals surface area contributed by atoms with Crippen LogP contribution in [-0.4, -0.2) is 31.8 Å². The van der Waals surface area contributed by atoms with Gasteiger partial charge < -0.3 is 4.74 Å². The molecular weight excluding hydrogens is 397 g/mol. The first kappa shape index (κ1) is 20.7. The molecule has 140 valence electrons. The Morgan fingerprint density at radius 2 is 1.85 bits per heavy atom. The van der Waals surface area contributed by atoms with Crippen LogP contribution in [0.15, 0.2) is 53.4 Å². The topological polar surface area (TPSA) is 63.7 Å². The smallest absolute Gasteiger partial charge is 0.307 e. The number of halogens is 2. The van der Waals surface area contributed by atoms with Crippen molar-refractivity contribution in [1.82, 2.24) is 4.31 Å². The third-order valence-electron chi connectivity index (χ3n) is 3.61. The maximum absolute atomic E-state index is 13.0. The van der Waals surface area contributed by atoms with Crippen LogP contribution in [0.1, 0.15) is 18.9 Å². The monoisotopic (exact) mass is 415 g/mol. The van der Waals surface area contributed by atoms with Gasteiger partial charge >= 0.3 is 5.97 Å². The molecule has 0 atom stereocenters. The highest BCUT2D eigenvalue weighted by molar-refractivity contribution is 7.89. The van der Waals surface area contributed by atoms with Crippen molar-refractivity contribution < 1.29 is 17.9 Å². The zero-order chi connectivity index (χ0) is 19.2. The predicted molar refractivity (Wildman–Crippen MR) is 102 cm³/mol. The Labute approximate surface area is 163 Å². The fraction of sp³-hybridized carbons (Fsp3) is 0.278. The number of benzene rings is 2. The van der Waals surface area contributed by atoms with Gasteiger partial charge in [-0.1, -0.05) is 47.5 Å². The van der Waals surface area contributed by atoms with Gasteiger partial charge in [-0.3, -0.25) is 4.79 Å². The van der Waals surface area contributed by atoms with E-state index in [1.807, 2.05) is 0 Å². The van der Waals surface area contributed by atoms with Crippen molar-refractivity contribution in [3.8, 4) is 0 Å². The van der Waals surface area contributed by atoms with Gasteiger partial charge in [-0.05, 0) is 36.8 Å². The molecule has 0 heterocycles. The molecule has 0 aromatic heterocycles. The Kier molecular flexibility index (Phi) is 7.46. The van der Waals surface area contributed by atoms with Gasteiger partial charge in [-0.2, -0.15) is 4.31 Å². The van der Waals surface area contributed by atoms with Gasteiger partial charge in [0.25, 0.3) is 0 Å². The molecule has 0 unspecified atom stereocenters. The number of carbonyl (C=O) groups is 1. The minimum atomic E-state index is -3.87. The fourth-order valence-corrected chi connectivity index (χ4v) is 4.24. The average Bonchev–Trinajstić information content (AvgIpc) is 2.60. The maximum Gasteiger partial charge on any atom is 0.307 e. The van der Waals surface area contributed by atoms with Gasteiger partial charge in [0.2, 0.25) is 10.0 Å². The first-order chi connectivity index (χ1) is 12.3. The Balaban J connectivity index is 2.32. The van der Waals surface area contributed by atoms with Crippen LogP contribution in [-0.2, 0) is 26.1 Å². The van der Waals surface area contributed by atoms with Gasteiger partial charge in [0.1, 0.15) is 0 Å². The van der Waals surface area contributed by atoms with E-state index in [1.165, 1.54) is 16.4 Å². The van der Waals surface area contributed by atoms with E-state index in [9.17, 15) is 13.2 Å². The molecule has 0 fully saturated rings. The molecule has 0 aliphatic rings. The Hall–Kier alpha value is -1.60. The van der Waals surface area contributed by atoms with Crippen LogP contribution in [0.5, 0.6) is 0 Å². The molecule has 0 saturated heterocycles. The number of nitrogens with zero attached hydrogens (tertiary/aromatic N) is 1. The molecule has 2 aromatic rings. The minimum absolute atomic E-state index is 0.0289. The summed E-state index contributed by atoms with van der Waals surface area (Å²) in [6.45, 7) is 1.94. The van der Waals surface area contributed by atoms with E-state index in [-0.39, 0.29) is 31.0 Å². The third kappa shape index (κ3) is 5.45. The van der Waals surface area contributed by atoms with Crippen LogP contribution in [0.2, 0.25) is 10.0 Å². The summed E-state index contributed by atoms with van der Waals surface area (Å²) in [5.41, 5.74) is 0.642. The second-order valence-corrected chi connectivity index (χ2v) is 8.22. The highest BCUT2D eigenvalue weighted by Gasteiger charge is 2.26. The highest BCUT2D eigenvalue weighted by atomic mass is 35.5. The Morgan fingerprint density at radius 1 is 1.12 bits per heavy atom. The summed E-state index contributed by atoms with van der Waals surface area (Å²) in [5.74, 6) is -0.460. The summed E-state index contributed by atoms with van der Waals surface area (Å²) in [6, 6.07) is 13.0. The highest BCUT2D eigenvalue weighted by Crippen LogP contribution is 2.24. The van der Waals surface area contributed by atoms with Crippen LogP contribution >= 0.6 is 23.2 Å². The first-order valence-electron chi connectivity index (χ1n) is 7.99. The number of esters is 1. The summed E-state index contributed by atoms with van der Waals surface area (Å²) in [6.07, 6.45) is -0.0575. The third-order valence-corrected chi connectivity index (χ3v) is 6.05. The summed E-state index contributed by atoms with van der Waals surface area (Å²) in [4.78, 5) is 11.7. The number of carbonyl (C=O) groups excluding carboxylic acids is 1. The molecule has 0 amide bonds. The molecular formula is C18H19Cl2NO4S. The largest absolute Gasteiger partial charge is 0.466 e. The summed E-state index contributed by atoms with van der Waals surface area (Å²) < 4.78 is 32.2. The van der Waals surface area contributed by atoms with Crippen molar-refractivity contribution in [1.29, 1.82) is 0 Å². The second kappa shape index (κ2) is 9.37. The molecule has 0 radical (unpaired) electrons. The van der Waals surface area contributed by atoms with E-state index >= 15 is 0 Å². The van der Waals surface area contributed by atoms with Crippen LogP contribution in [0.3, 0.4) is 0 Å². The lowest BCUT2D eigenvalue weighted by atomic mass is 10.2. The van der Waals surface area contributed by atoms with Crippen molar-refractivity contribution >= 4 is 39.2 Å². The molecule has 26 heavy (non-hydrogen) atoms. The molecule has 0 bridgehead atoms. The maximum atomic E-state index is 13.0. The fourth-order valence-electron chi connectivity index (χ4n) is 2.33. The summed E-state index contributed by atoms with van der Waals surface area (Å²) in [5, 5.41) is 0.768. The van der Waals surface area contributed by atoms with Crippen molar-refractivity contribution in [3.63, 3.8) is 0 Å². The molecule has 0 aliphatic heterocycles. The number of rotatable bonds is 8. The van der Waals surface area contributed by atoms with E-state index < -0.39 is 16.0 Å². The van der Waals surface area contributed by atoms with Crippen molar-refractivity contribution in [2.24, 2.45) is 0 Å². The van der Waals surface area contributed by atoms with E-state index in [1.54, 1.807) is 43.3 Å². The number of sulfonamides is 1. The van der Waals surface area contributed by atoms with Crippen LogP contribution in [0, 0.1) is 0 Å². The lowest BCUT2D eigenvalue weighted by Crippen LogP contribution is -2.33. The molecule has 5 nitrogen and oxygen atoms in total. The number of hydrogen-bond donors (Lipinski definition) is 0. The zero-order valence-electron chi connectivity index (χ0n) is 14.2. The van der Waals surface area contributed by atoms with Gasteiger partial charge in [0, 0.05) is 23.1 Å². The van der Waals surface area contributed by atoms with Gasteiger partial charge in [-0.15, -0.1) is 0 Å². The van der Waals surface area contributed by atoms with Gasteiger partial charge in [0.05, 0.1) is 17.9 Å². The van der Waals surface area contributed by atoms with Crippen molar-refractivity contribution in [2.45, 2.75) is 24.8 Å². The molecule has 8 heteroatoms. The van der Waals surface area contributed by atoms with E-state index in [0.29, 0.717) is 15.6 Å². The lowest BCUT2D eigenvalue weighted by Gasteiger charge is -2.22. The molecule has 0 aliphatic carbocycles. The van der Waals surface area contributed by atoms with E-state index in [4.69, 9.17) is 27.9 Å². The van der Waals surface area contributed by atoms with Crippen molar-refractivity contribution in [3.05, 3.63) is 64.1 Å². The standard InChI is InChI=1S/C18H19Cl2NO4S/c1-2-25-18(22)10-11-21(13-14-6-3-4-9-17(14)20)26(23,24)16-8-5-7-15(19)12-16/h3-9,12H,2,10-11,13H2,1H3. The van der Waals surface area contributed by atoms with Crippen molar-refractivity contribution in [2.75, 3.05) is 13.2 Å². The summed E-state index contributed by atoms with van der Waals surface area (Å²) in [7, 11) is -3.87. The lowest BCUT2D eigenvalue weighted by molar-refractivity contribution is -0.143.